The maximum atomic E-state index is 11.6. The molecule has 5 heteroatoms. The molecule has 1 atom stereocenters. The molecule has 0 radical (unpaired) electrons. The standard InChI is InChI=1S/C12H15ClN2O2/c13-9-2-1-3-11(6-9)17-8-12(16)15-10-4-5-14-7-10/h1-3,6,10,14H,4-5,7-8H2,(H,15,16). The molecule has 1 aromatic rings. The second-order valence-corrected chi connectivity index (χ2v) is 4.44. The second kappa shape index (κ2) is 5.89. The largest absolute Gasteiger partial charge is 0.484 e. The number of nitrogens with one attached hydrogen (secondary N) is 2. The lowest BCUT2D eigenvalue weighted by Crippen LogP contribution is -2.39. The molecule has 1 fully saturated rings. The molecular weight excluding hydrogens is 240 g/mol. The van der Waals surface area contributed by atoms with Crippen LogP contribution in [0.1, 0.15) is 6.42 Å². The lowest BCUT2D eigenvalue weighted by atomic mass is 10.2. The number of halogens is 1. The third kappa shape index (κ3) is 3.91. The monoisotopic (exact) mass is 254 g/mol. The molecule has 0 saturated carbocycles. The summed E-state index contributed by atoms with van der Waals surface area (Å²) in [6.07, 6.45) is 0.975. The van der Waals surface area contributed by atoms with E-state index in [4.69, 9.17) is 16.3 Å². The summed E-state index contributed by atoms with van der Waals surface area (Å²) in [7, 11) is 0. The summed E-state index contributed by atoms with van der Waals surface area (Å²) >= 11 is 5.81. The van der Waals surface area contributed by atoms with Gasteiger partial charge in [-0.15, -0.1) is 0 Å². The van der Waals surface area contributed by atoms with Crippen LogP contribution in [0.2, 0.25) is 5.02 Å². The third-order valence-electron chi connectivity index (χ3n) is 2.59. The van der Waals surface area contributed by atoms with E-state index in [9.17, 15) is 4.79 Å². The van der Waals surface area contributed by atoms with Crippen LogP contribution in [0.3, 0.4) is 0 Å². The predicted octanol–water partition coefficient (Wildman–Crippen LogP) is 1.20. The molecule has 4 nitrogen and oxygen atoms in total. The van der Waals surface area contributed by atoms with Crippen LogP contribution >= 0.6 is 11.6 Å². The van der Waals surface area contributed by atoms with E-state index in [0.29, 0.717) is 10.8 Å². The number of ether oxygens (including phenoxy) is 1. The van der Waals surface area contributed by atoms with Crippen molar-refractivity contribution < 1.29 is 9.53 Å². The molecule has 2 rings (SSSR count). The Hall–Kier alpha value is -1.26. The fraction of sp³-hybridized carbons (Fsp3) is 0.417. The van der Waals surface area contributed by atoms with Crippen molar-refractivity contribution in [3.05, 3.63) is 29.3 Å². The Kier molecular flexibility index (Phi) is 4.23. The molecule has 1 saturated heterocycles. The van der Waals surface area contributed by atoms with Gasteiger partial charge in [0.15, 0.2) is 6.61 Å². The first-order chi connectivity index (χ1) is 8.24. The number of carbonyl (C=O) groups excluding carboxylic acids is 1. The highest BCUT2D eigenvalue weighted by molar-refractivity contribution is 6.30. The van der Waals surface area contributed by atoms with Crippen molar-refractivity contribution in [2.24, 2.45) is 0 Å². The minimum Gasteiger partial charge on any atom is -0.484 e. The van der Waals surface area contributed by atoms with Gasteiger partial charge in [0, 0.05) is 17.6 Å². The van der Waals surface area contributed by atoms with Gasteiger partial charge in [-0.2, -0.15) is 0 Å². The summed E-state index contributed by atoms with van der Waals surface area (Å²) in [5, 5.41) is 6.69. The Morgan fingerprint density at radius 2 is 2.47 bits per heavy atom. The van der Waals surface area contributed by atoms with Crippen LogP contribution in [0.5, 0.6) is 5.75 Å². The Morgan fingerprint density at radius 3 is 3.18 bits per heavy atom. The number of carbonyl (C=O) groups is 1. The van der Waals surface area contributed by atoms with Crippen molar-refractivity contribution in [3.63, 3.8) is 0 Å². The van der Waals surface area contributed by atoms with Crippen molar-refractivity contribution in [2.45, 2.75) is 12.5 Å². The molecule has 1 amide bonds. The maximum Gasteiger partial charge on any atom is 0.258 e. The highest BCUT2D eigenvalue weighted by Crippen LogP contribution is 2.16. The van der Waals surface area contributed by atoms with Gasteiger partial charge in [0.1, 0.15) is 5.75 Å². The molecule has 17 heavy (non-hydrogen) atoms. The molecule has 1 unspecified atom stereocenters. The van der Waals surface area contributed by atoms with Gasteiger partial charge in [-0.1, -0.05) is 17.7 Å². The SMILES string of the molecule is O=C(COc1cccc(Cl)c1)NC1CCNC1. The number of benzene rings is 1. The Morgan fingerprint density at radius 1 is 1.59 bits per heavy atom. The van der Waals surface area contributed by atoms with Crippen molar-refractivity contribution in [2.75, 3.05) is 19.7 Å². The van der Waals surface area contributed by atoms with Crippen molar-refractivity contribution in [1.29, 1.82) is 0 Å². The number of rotatable bonds is 4. The third-order valence-corrected chi connectivity index (χ3v) is 2.83. The number of amides is 1. The van der Waals surface area contributed by atoms with Crippen molar-refractivity contribution >= 4 is 17.5 Å². The minimum absolute atomic E-state index is 0.0246. The van der Waals surface area contributed by atoms with E-state index in [0.717, 1.165) is 19.5 Å². The lowest BCUT2D eigenvalue weighted by Gasteiger charge is -2.12. The van der Waals surface area contributed by atoms with Crippen LogP contribution in [0.25, 0.3) is 0 Å². The first-order valence-electron chi connectivity index (χ1n) is 5.62. The van der Waals surface area contributed by atoms with Crippen LogP contribution in [-0.4, -0.2) is 31.6 Å². The summed E-state index contributed by atoms with van der Waals surface area (Å²) in [5.41, 5.74) is 0. The fourth-order valence-electron chi connectivity index (χ4n) is 1.75. The normalized spacial score (nSPS) is 19.0. The van der Waals surface area contributed by atoms with Crippen molar-refractivity contribution in [3.8, 4) is 5.75 Å². The molecule has 0 aliphatic carbocycles. The minimum atomic E-state index is -0.0984. The average Bonchev–Trinajstić information content (AvgIpc) is 2.79. The van der Waals surface area contributed by atoms with Gasteiger partial charge in [0.2, 0.25) is 0 Å². The van der Waals surface area contributed by atoms with Gasteiger partial charge in [0.05, 0.1) is 0 Å². The fourth-order valence-corrected chi connectivity index (χ4v) is 1.93. The molecule has 92 valence electrons. The summed E-state index contributed by atoms with van der Waals surface area (Å²) in [4.78, 5) is 11.6. The average molecular weight is 255 g/mol. The number of hydrogen-bond donors (Lipinski definition) is 2. The highest BCUT2D eigenvalue weighted by Gasteiger charge is 2.16. The molecular formula is C12H15ClN2O2. The van der Waals surface area contributed by atoms with Crippen LogP contribution < -0.4 is 15.4 Å². The van der Waals surface area contributed by atoms with Gasteiger partial charge in [-0.3, -0.25) is 4.79 Å². The molecule has 2 N–H and O–H groups in total. The van der Waals surface area contributed by atoms with Crippen molar-refractivity contribution in [1.82, 2.24) is 10.6 Å². The Labute approximate surface area is 105 Å². The zero-order chi connectivity index (χ0) is 12.1. The van der Waals surface area contributed by atoms with E-state index >= 15 is 0 Å². The Balaban J connectivity index is 1.75. The zero-order valence-corrected chi connectivity index (χ0v) is 10.2. The number of hydrogen-bond acceptors (Lipinski definition) is 3. The summed E-state index contributed by atoms with van der Waals surface area (Å²) < 4.78 is 5.34. The van der Waals surface area contributed by atoms with Gasteiger partial charge in [-0.25, -0.2) is 0 Å². The first-order valence-corrected chi connectivity index (χ1v) is 6.00. The van der Waals surface area contributed by atoms with Gasteiger partial charge >= 0.3 is 0 Å². The van der Waals surface area contributed by atoms with E-state index in [2.05, 4.69) is 10.6 Å². The first kappa shape index (κ1) is 12.2. The molecule has 1 aliphatic heterocycles. The van der Waals surface area contributed by atoms with E-state index in [1.807, 2.05) is 0 Å². The van der Waals surface area contributed by atoms with Gasteiger partial charge < -0.3 is 15.4 Å². The van der Waals surface area contributed by atoms with Crippen LogP contribution in [-0.2, 0) is 4.79 Å². The van der Waals surface area contributed by atoms with Gasteiger partial charge in [0.25, 0.3) is 5.91 Å². The Bertz CT molecular complexity index is 392. The lowest BCUT2D eigenvalue weighted by molar-refractivity contribution is -0.123. The molecule has 1 heterocycles. The van der Waals surface area contributed by atoms with Gasteiger partial charge in [-0.05, 0) is 31.2 Å². The maximum absolute atomic E-state index is 11.6. The molecule has 0 aromatic heterocycles. The topological polar surface area (TPSA) is 50.4 Å². The quantitative estimate of drug-likeness (QED) is 0.849. The zero-order valence-electron chi connectivity index (χ0n) is 9.41. The summed E-state index contributed by atoms with van der Waals surface area (Å²) in [6, 6.07) is 7.24. The van der Waals surface area contributed by atoms with E-state index < -0.39 is 0 Å². The molecule has 0 bridgehead atoms. The summed E-state index contributed by atoms with van der Waals surface area (Å²) in [5.74, 6) is 0.510. The van der Waals surface area contributed by atoms with E-state index in [1.54, 1.807) is 24.3 Å². The second-order valence-electron chi connectivity index (χ2n) is 4.00. The van der Waals surface area contributed by atoms with Crippen LogP contribution in [0.4, 0.5) is 0 Å². The highest BCUT2D eigenvalue weighted by atomic mass is 35.5. The predicted molar refractivity (Wildman–Crippen MR) is 66.4 cm³/mol. The van der Waals surface area contributed by atoms with E-state index in [1.165, 1.54) is 0 Å². The van der Waals surface area contributed by atoms with E-state index in [-0.39, 0.29) is 18.6 Å². The molecule has 1 aliphatic rings. The van der Waals surface area contributed by atoms with Crippen LogP contribution in [0.15, 0.2) is 24.3 Å². The summed E-state index contributed by atoms with van der Waals surface area (Å²) in [6.45, 7) is 1.82. The smallest absolute Gasteiger partial charge is 0.258 e. The van der Waals surface area contributed by atoms with Crippen LogP contribution in [0, 0.1) is 0 Å². The molecule has 1 aromatic carbocycles. The molecule has 0 spiro atoms.